The molecule has 4 rings (SSSR count). The molecule has 1 fully saturated rings. The van der Waals surface area contributed by atoms with Gasteiger partial charge in [0, 0.05) is 17.7 Å². The van der Waals surface area contributed by atoms with Gasteiger partial charge in [-0.1, -0.05) is 0 Å². The summed E-state index contributed by atoms with van der Waals surface area (Å²) in [6.07, 6.45) is 5.41. The number of ether oxygens (including phenoxy) is 1. The van der Waals surface area contributed by atoms with Crippen LogP contribution in [0, 0.1) is 0 Å². The molecule has 118 valence electrons. The molecular formula is C16H17N5O2. The lowest BCUT2D eigenvalue weighted by molar-refractivity contribution is -0.119. The highest BCUT2D eigenvalue weighted by Crippen LogP contribution is 2.45. The summed E-state index contributed by atoms with van der Waals surface area (Å²) in [5.74, 6) is 1.84. The van der Waals surface area contributed by atoms with E-state index in [2.05, 4.69) is 25.3 Å². The average Bonchev–Trinajstić information content (AvgIpc) is 3.35. The van der Waals surface area contributed by atoms with Crippen LogP contribution in [0.4, 0.5) is 5.82 Å². The van der Waals surface area contributed by atoms with Gasteiger partial charge in [-0.25, -0.2) is 19.9 Å². The predicted molar refractivity (Wildman–Crippen MR) is 83.2 cm³/mol. The first-order chi connectivity index (χ1) is 11.0. The van der Waals surface area contributed by atoms with Crippen LogP contribution in [0.15, 0.2) is 12.5 Å². The number of rotatable bonds is 3. The third-order valence-corrected chi connectivity index (χ3v) is 4.48. The van der Waals surface area contributed by atoms with Crippen molar-refractivity contribution in [1.82, 2.24) is 19.9 Å². The monoisotopic (exact) mass is 311 g/mol. The van der Waals surface area contributed by atoms with Gasteiger partial charge in [0.25, 0.3) is 0 Å². The van der Waals surface area contributed by atoms with Gasteiger partial charge < -0.3 is 10.1 Å². The number of fused-ring (bicyclic) bond motifs is 1. The van der Waals surface area contributed by atoms with Gasteiger partial charge in [-0.15, -0.1) is 0 Å². The van der Waals surface area contributed by atoms with Crippen molar-refractivity contribution in [3.63, 3.8) is 0 Å². The summed E-state index contributed by atoms with van der Waals surface area (Å²) < 4.78 is 5.38. The molecule has 1 amide bonds. The Kier molecular flexibility index (Phi) is 2.88. The zero-order valence-corrected chi connectivity index (χ0v) is 13.3. The molecule has 7 heteroatoms. The van der Waals surface area contributed by atoms with Crippen LogP contribution in [-0.4, -0.2) is 33.0 Å². The maximum absolute atomic E-state index is 12.1. The van der Waals surface area contributed by atoms with E-state index in [1.54, 1.807) is 13.3 Å². The molecule has 1 aliphatic heterocycles. The molecule has 0 atom stereocenters. The zero-order chi connectivity index (χ0) is 16.2. The maximum Gasteiger partial charge on any atom is 0.235 e. The summed E-state index contributed by atoms with van der Waals surface area (Å²) >= 11 is 0. The Morgan fingerprint density at radius 2 is 2.04 bits per heavy atom. The van der Waals surface area contributed by atoms with Crippen LogP contribution in [0.1, 0.15) is 43.9 Å². The van der Waals surface area contributed by atoms with Crippen molar-refractivity contribution in [3.05, 3.63) is 23.8 Å². The van der Waals surface area contributed by atoms with Gasteiger partial charge in [0.1, 0.15) is 17.7 Å². The van der Waals surface area contributed by atoms with E-state index in [1.807, 2.05) is 13.8 Å². The summed E-state index contributed by atoms with van der Waals surface area (Å²) in [6.45, 7) is 3.72. The number of nitrogens with zero attached hydrogens (tertiary/aromatic N) is 4. The molecule has 1 N–H and O–H groups in total. The van der Waals surface area contributed by atoms with Crippen molar-refractivity contribution in [2.75, 3.05) is 12.4 Å². The van der Waals surface area contributed by atoms with E-state index in [9.17, 15) is 4.79 Å². The number of nitrogens with one attached hydrogen (secondary N) is 1. The maximum atomic E-state index is 12.1. The molecule has 0 unspecified atom stereocenters. The van der Waals surface area contributed by atoms with Gasteiger partial charge in [-0.3, -0.25) is 4.79 Å². The highest BCUT2D eigenvalue weighted by Gasteiger charge is 2.40. The minimum absolute atomic E-state index is 0.0716. The number of anilines is 1. The van der Waals surface area contributed by atoms with E-state index in [4.69, 9.17) is 4.74 Å². The first-order valence-electron chi connectivity index (χ1n) is 7.60. The summed E-state index contributed by atoms with van der Waals surface area (Å²) in [6, 6.07) is 0. The van der Waals surface area contributed by atoms with Crippen LogP contribution in [0.5, 0.6) is 5.88 Å². The molecule has 1 saturated carbocycles. The number of hydrogen-bond donors (Lipinski definition) is 1. The van der Waals surface area contributed by atoms with Crippen molar-refractivity contribution in [1.29, 1.82) is 0 Å². The number of hydrogen-bond acceptors (Lipinski definition) is 6. The largest absolute Gasteiger partial charge is 0.480 e. The lowest BCUT2D eigenvalue weighted by atomic mass is 9.88. The van der Waals surface area contributed by atoms with E-state index in [0.29, 0.717) is 23.4 Å². The average molecular weight is 311 g/mol. The lowest BCUT2D eigenvalue weighted by Gasteiger charge is -2.14. The molecule has 0 bridgehead atoms. The Morgan fingerprint density at radius 3 is 2.74 bits per heavy atom. The quantitative estimate of drug-likeness (QED) is 0.933. The Hall–Kier alpha value is -2.57. The molecule has 2 aliphatic rings. The molecule has 7 nitrogen and oxygen atoms in total. The minimum atomic E-state index is -0.621. The number of methoxy groups -OCH3 is 1. The fraction of sp³-hybridized carbons (Fsp3) is 0.438. The van der Waals surface area contributed by atoms with Gasteiger partial charge in [0.15, 0.2) is 5.82 Å². The molecule has 0 radical (unpaired) electrons. The van der Waals surface area contributed by atoms with E-state index in [-0.39, 0.29) is 5.91 Å². The molecule has 2 aromatic heterocycles. The van der Waals surface area contributed by atoms with Crippen LogP contribution < -0.4 is 10.1 Å². The normalized spacial score (nSPS) is 18.5. The number of amides is 1. The van der Waals surface area contributed by atoms with Gasteiger partial charge >= 0.3 is 0 Å². The van der Waals surface area contributed by atoms with Crippen LogP contribution >= 0.6 is 0 Å². The fourth-order valence-electron chi connectivity index (χ4n) is 2.85. The molecule has 1 aliphatic carbocycles. The summed E-state index contributed by atoms with van der Waals surface area (Å²) in [7, 11) is 1.57. The Labute approximate surface area is 133 Å². The Bertz CT molecular complexity index is 814. The summed E-state index contributed by atoms with van der Waals surface area (Å²) in [4.78, 5) is 29.7. The van der Waals surface area contributed by atoms with Crippen molar-refractivity contribution in [3.8, 4) is 17.3 Å². The molecule has 0 saturated heterocycles. The molecule has 2 aromatic rings. The van der Waals surface area contributed by atoms with Crippen LogP contribution in [0.25, 0.3) is 11.4 Å². The first kappa shape index (κ1) is 14.0. The number of aromatic nitrogens is 4. The fourth-order valence-corrected chi connectivity index (χ4v) is 2.85. The lowest BCUT2D eigenvalue weighted by Crippen LogP contribution is -2.26. The summed E-state index contributed by atoms with van der Waals surface area (Å²) in [5, 5.41) is 2.83. The number of carbonyl (C=O) groups is 1. The predicted octanol–water partition coefficient (Wildman–Crippen LogP) is 2.05. The third-order valence-electron chi connectivity index (χ3n) is 4.48. The second kappa shape index (κ2) is 4.71. The van der Waals surface area contributed by atoms with Gasteiger partial charge in [0.2, 0.25) is 11.8 Å². The van der Waals surface area contributed by atoms with Crippen molar-refractivity contribution < 1.29 is 9.53 Å². The highest BCUT2D eigenvalue weighted by atomic mass is 16.5. The molecule has 3 heterocycles. The van der Waals surface area contributed by atoms with E-state index in [1.165, 1.54) is 6.33 Å². The zero-order valence-electron chi connectivity index (χ0n) is 13.3. The topological polar surface area (TPSA) is 89.9 Å². The SMILES string of the molecule is COc1ncnc(C2CC2)c1-c1ncc2c(n1)NC(=O)C2(C)C. The van der Waals surface area contributed by atoms with Gasteiger partial charge in [0.05, 0.1) is 18.2 Å². The van der Waals surface area contributed by atoms with Crippen molar-refractivity contribution in [2.45, 2.75) is 38.0 Å². The smallest absolute Gasteiger partial charge is 0.235 e. The van der Waals surface area contributed by atoms with E-state index < -0.39 is 5.41 Å². The Morgan fingerprint density at radius 1 is 1.26 bits per heavy atom. The molecular weight excluding hydrogens is 294 g/mol. The van der Waals surface area contributed by atoms with Crippen molar-refractivity contribution >= 4 is 11.7 Å². The minimum Gasteiger partial charge on any atom is -0.480 e. The van der Waals surface area contributed by atoms with E-state index in [0.717, 1.165) is 29.7 Å². The number of carbonyl (C=O) groups excluding carboxylic acids is 1. The van der Waals surface area contributed by atoms with Gasteiger partial charge in [-0.05, 0) is 26.7 Å². The second-order valence-electron chi connectivity index (χ2n) is 6.45. The van der Waals surface area contributed by atoms with E-state index >= 15 is 0 Å². The van der Waals surface area contributed by atoms with Crippen molar-refractivity contribution in [2.24, 2.45) is 0 Å². The second-order valence-corrected chi connectivity index (χ2v) is 6.45. The standard InChI is InChI=1S/C16H17N5O2/c1-16(2)9-6-17-13(20-12(9)21-15(16)22)10-11(8-4-5-8)18-7-19-14(10)23-3/h6-8H,4-5H2,1-3H3,(H,17,20,21,22). The highest BCUT2D eigenvalue weighted by molar-refractivity contribution is 6.04. The third kappa shape index (κ3) is 2.07. The Balaban J connectivity index is 1.87. The van der Waals surface area contributed by atoms with Crippen LogP contribution in [0.2, 0.25) is 0 Å². The molecule has 0 aromatic carbocycles. The molecule has 0 spiro atoms. The first-order valence-corrected chi connectivity index (χ1v) is 7.60. The van der Waals surface area contributed by atoms with Gasteiger partial charge in [-0.2, -0.15) is 0 Å². The van der Waals surface area contributed by atoms with Crippen LogP contribution in [-0.2, 0) is 10.2 Å². The summed E-state index contributed by atoms with van der Waals surface area (Å²) in [5.41, 5.74) is 1.82. The molecule has 23 heavy (non-hydrogen) atoms. The van der Waals surface area contributed by atoms with Crippen LogP contribution in [0.3, 0.4) is 0 Å².